The number of ketones is 1. The number of methoxy groups -OCH3 is 1. The van der Waals surface area contributed by atoms with Crippen LogP contribution in [0.4, 0.5) is 0 Å². The summed E-state index contributed by atoms with van der Waals surface area (Å²) in [5.41, 5.74) is 2.18. The van der Waals surface area contributed by atoms with Crippen LogP contribution in [0.15, 0.2) is 52.5 Å². The minimum atomic E-state index is -0.666. The average Bonchev–Trinajstić information content (AvgIpc) is 3.04. The van der Waals surface area contributed by atoms with Crippen LogP contribution in [0.25, 0.3) is 5.76 Å². The summed E-state index contributed by atoms with van der Waals surface area (Å²) in [4.78, 5) is 30.0. The minimum Gasteiger partial charge on any atom is -0.507 e. The smallest absolute Gasteiger partial charge is 0.295 e. The van der Waals surface area contributed by atoms with Crippen LogP contribution in [0.5, 0.6) is 5.75 Å². The van der Waals surface area contributed by atoms with E-state index in [1.807, 2.05) is 31.2 Å². The quantitative estimate of drug-likeness (QED) is 0.327. The van der Waals surface area contributed by atoms with Crippen molar-refractivity contribution in [2.24, 2.45) is 0 Å². The van der Waals surface area contributed by atoms with Gasteiger partial charge in [-0.2, -0.15) is 0 Å². The van der Waals surface area contributed by atoms with Gasteiger partial charge >= 0.3 is 0 Å². The summed E-state index contributed by atoms with van der Waals surface area (Å²) < 4.78 is 6.14. The van der Waals surface area contributed by atoms with Crippen LogP contribution in [0, 0.1) is 6.92 Å². The van der Waals surface area contributed by atoms with E-state index in [-0.39, 0.29) is 11.3 Å². The first-order chi connectivity index (χ1) is 15.3. The number of aryl methyl sites for hydroxylation is 1. The lowest BCUT2D eigenvalue weighted by molar-refractivity contribution is -0.140. The van der Waals surface area contributed by atoms with Gasteiger partial charge in [0, 0.05) is 23.1 Å². The zero-order valence-electron chi connectivity index (χ0n) is 18.9. The van der Waals surface area contributed by atoms with Crippen LogP contribution >= 0.6 is 15.9 Å². The van der Waals surface area contributed by atoms with E-state index >= 15 is 0 Å². The molecule has 0 aromatic heterocycles. The van der Waals surface area contributed by atoms with Crippen molar-refractivity contribution >= 4 is 33.4 Å². The Bertz CT molecular complexity index is 1050. The number of carbonyl (C=O) groups excluding carboxylic acids is 2. The van der Waals surface area contributed by atoms with E-state index < -0.39 is 17.7 Å². The van der Waals surface area contributed by atoms with Crippen molar-refractivity contribution in [3.63, 3.8) is 0 Å². The summed E-state index contributed by atoms with van der Waals surface area (Å²) in [5, 5.41) is 11.2. The Balaban J connectivity index is 2.12. The number of aliphatic hydroxyl groups is 1. The van der Waals surface area contributed by atoms with Crippen molar-refractivity contribution in [3.05, 3.63) is 69.2 Å². The topological polar surface area (TPSA) is 70.1 Å². The molecule has 1 N–H and O–H groups in total. The summed E-state index contributed by atoms with van der Waals surface area (Å²) >= 11 is 3.48. The maximum absolute atomic E-state index is 13.1. The maximum atomic E-state index is 13.1. The number of rotatable bonds is 8. The molecule has 32 heavy (non-hydrogen) atoms. The van der Waals surface area contributed by atoms with Crippen LogP contribution < -0.4 is 4.74 Å². The summed E-state index contributed by atoms with van der Waals surface area (Å²) in [6, 6.07) is 12.0. The number of carbonyl (C=O) groups is 2. The van der Waals surface area contributed by atoms with Crippen molar-refractivity contribution in [2.75, 3.05) is 33.3 Å². The predicted octanol–water partition coefficient (Wildman–Crippen LogP) is 4.53. The van der Waals surface area contributed by atoms with Gasteiger partial charge in [0.15, 0.2) is 0 Å². The molecule has 0 radical (unpaired) electrons. The first kappa shape index (κ1) is 24.0. The van der Waals surface area contributed by atoms with Crippen LogP contribution in [-0.2, 0) is 9.59 Å². The molecular weight excluding hydrogens is 472 g/mol. The average molecular weight is 501 g/mol. The highest BCUT2D eigenvalue weighted by molar-refractivity contribution is 9.10. The summed E-state index contributed by atoms with van der Waals surface area (Å²) in [6.07, 6.45) is 0. The monoisotopic (exact) mass is 500 g/mol. The van der Waals surface area contributed by atoms with Gasteiger partial charge < -0.3 is 19.6 Å². The third-order valence-electron chi connectivity index (χ3n) is 5.92. The van der Waals surface area contributed by atoms with E-state index in [0.717, 1.165) is 28.7 Å². The molecule has 2 aromatic carbocycles. The van der Waals surface area contributed by atoms with Gasteiger partial charge in [0.1, 0.15) is 11.5 Å². The zero-order chi connectivity index (χ0) is 23.4. The molecule has 1 aliphatic rings. The van der Waals surface area contributed by atoms with Gasteiger partial charge in [0.05, 0.1) is 18.7 Å². The maximum Gasteiger partial charge on any atom is 0.295 e. The molecule has 1 saturated heterocycles. The number of halogens is 1. The standard InChI is InChI=1S/C25H29BrN2O4/c1-5-27(6-2)12-13-28-22(17-8-7-9-19(26)15-17)21(24(30)25(28)31)23(29)18-10-11-20(32-4)16(3)14-18/h7-11,14-15,22,29H,5-6,12-13H2,1-4H3/b23-21-. The molecule has 3 rings (SSSR count). The number of hydrogen-bond donors (Lipinski definition) is 1. The largest absolute Gasteiger partial charge is 0.507 e. The lowest BCUT2D eigenvalue weighted by Crippen LogP contribution is -2.38. The molecule has 1 heterocycles. The normalized spacial score (nSPS) is 17.9. The summed E-state index contributed by atoms with van der Waals surface area (Å²) in [5.74, 6) is -0.747. The van der Waals surface area contributed by atoms with E-state index in [4.69, 9.17) is 4.74 Å². The fourth-order valence-corrected chi connectivity index (χ4v) is 4.52. The van der Waals surface area contributed by atoms with Gasteiger partial charge in [0.2, 0.25) is 0 Å². The lowest BCUT2D eigenvalue weighted by atomic mass is 9.95. The molecule has 170 valence electrons. The molecular formula is C25H29BrN2O4. The van der Waals surface area contributed by atoms with Crippen molar-refractivity contribution in [1.29, 1.82) is 0 Å². The van der Waals surface area contributed by atoms with Crippen molar-refractivity contribution in [2.45, 2.75) is 26.8 Å². The molecule has 0 saturated carbocycles. The second-order valence-electron chi connectivity index (χ2n) is 7.76. The lowest BCUT2D eigenvalue weighted by Gasteiger charge is -2.28. The van der Waals surface area contributed by atoms with Gasteiger partial charge in [-0.25, -0.2) is 0 Å². The van der Waals surface area contributed by atoms with E-state index in [0.29, 0.717) is 24.4 Å². The van der Waals surface area contributed by atoms with Crippen LogP contribution in [0.2, 0.25) is 0 Å². The number of Topliss-reactive ketones (excluding diaryl/α,β-unsaturated/α-hetero) is 1. The molecule has 6 nitrogen and oxygen atoms in total. The Kier molecular flexibility index (Phi) is 7.74. The Labute approximate surface area is 197 Å². The van der Waals surface area contributed by atoms with E-state index in [1.54, 1.807) is 30.2 Å². The van der Waals surface area contributed by atoms with Gasteiger partial charge in [0.25, 0.3) is 11.7 Å². The Morgan fingerprint density at radius 3 is 2.47 bits per heavy atom. The Morgan fingerprint density at radius 1 is 1.16 bits per heavy atom. The van der Waals surface area contributed by atoms with E-state index in [1.165, 1.54) is 0 Å². The molecule has 7 heteroatoms. The van der Waals surface area contributed by atoms with Gasteiger partial charge in [-0.3, -0.25) is 9.59 Å². The van der Waals surface area contributed by atoms with Gasteiger partial charge in [-0.1, -0.05) is 41.9 Å². The molecule has 1 unspecified atom stereocenters. The number of nitrogens with zero attached hydrogens (tertiary/aromatic N) is 2. The fourth-order valence-electron chi connectivity index (χ4n) is 4.10. The SMILES string of the molecule is CCN(CC)CCN1C(=O)C(=O)/C(=C(\O)c2ccc(OC)c(C)c2)C1c1cccc(Br)c1. The third-order valence-corrected chi connectivity index (χ3v) is 6.42. The highest BCUT2D eigenvalue weighted by Gasteiger charge is 2.46. The molecule has 0 bridgehead atoms. The zero-order valence-corrected chi connectivity index (χ0v) is 20.5. The molecule has 0 spiro atoms. The second-order valence-corrected chi connectivity index (χ2v) is 8.67. The first-order valence-electron chi connectivity index (χ1n) is 10.7. The van der Waals surface area contributed by atoms with Crippen LogP contribution in [-0.4, -0.2) is 59.9 Å². The Morgan fingerprint density at radius 2 is 1.88 bits per heavy atom. The molecule has 1 fully saturated rings. The van der Waals surface area contributed by atoms with Gasteiger partial charge in [-0.05, 0) is 61.5 Å². The highest BCUT2D eigenvalue weighted by atomic mass is 79.9. The number of aliphatic hydroxyl groups excluding tert-OH is 1. The highest BCUT2D eigenvalue weighted by Crippen LogP contribution is 2.40. The van der Waals surface area contributed by atoms with E-state index in [9.17, 15) is 14.7 Å². The van der Waals surface area contributed by atoms with Crippen molar-refractivity contribution in [3.8, 4) is 5.75 Å². The molecule has 0 aliphatic carbocycles. The molecule has 1 atom stereocenters. The predicted molar refractivity (Wildman–Crippen MR) is 129 cm³/mol. The molecule has 2 aromatic rings. The molecule has 1 amide bonds. The van der Waals surface area contributed by atoms with Crippen LogP contribution in [0.3, 0.4) is 0 Å². The second kappa shape index (κ2) is 10.3. The summed E-state index contributed by atoms with van der Waals surface area (Å²) in [6.45, 7) is 8.74. The van der Waals surface area contributed by atoms with E-state index in [2.05, 4.69) is 34.7 Å². The molecule has 1 aliphatic heterocycles. The summed E-state index contributed by atoms with van der Waals surface area (Å²) in [7, 11) is 1.58. The fraction of sp³-hybridized carbons (Fsp3) is 0.360. The number of hydrogen-bond acceptors (Lipinski definition) is 5. The number of ether oxygens (including phenoxy) is 1. The van der Waals surface area contributed by atoms with Gasteiger partial charge in [-0.15, -0.1) is 0 Å². The van der Waals surface area contributed by atoms with Crippen molar-refractivity contribution in [1.82, 2.24) is 9.80 Å². The first-order valence-corrected chi connectivity index (χ1v) is 11.5. The number of likely N-dealkylation sites (tertiary alicyclic amines) is 1. The van der Waals surface area contributed by atoms with Crippen LogP contribution in [0.1, 0.15) is 36.6 Å². The third kappa shape index (κ3) is 4.74. The minimum absolute atomic E-state index is 0.109. The number of likely N-dealkylation sites (N-methyl/N-ethyl adjacent to an activating group) is 1. The Hall–Kier alpha value is -2.64. The number of amides is 1. The van der Waals surface area contributed by atoms with Crippen molar-refractivity contribution < 1.29 is 19.4 Å². The number of benzene rings is 2.